The van der Waals surface area contributed by atoms with Crippen LogP contribution in [0.25, 0.3) is 5.57 Å². The molecule has 6 nitrogen and oxygen atoms in total. The zero-order valence-corrected chi connectivity index (χ0v) is 9.04. The van der Waals surface area contributed by atoms with Crippen LogP contribution in [0, 0.1) is 0 Å². The van der Waals surface area contributed by atoms with Gasteiger partial charge in [0.2, 0.25) is 0 Å². The molecular weight excluding hydrogens is 204 g/mol. The van der Waals surface area contributed by atoms with Crippen LogP contribution in [-0.4, -0.2) is 0 Å². The van der Waals surface area contributed by atoms with Gasteiger partial charge in [-0.05, 0) is 12.5 Å². The standard InChI is InChI=1S/C10H16N6/c1-2-3-4(7(13)5(2)11)8(14)10(16)9(15)6(3)12/h7H,11-16H2,1H3. The van der Waals surface area contributed by atoms with E-state index in [1.807, 2.05) is 6.92 Å². The Kier molecular flexibility index (Phi) is 1.93. The van der Waals surface area contributed by atoms with Gasteiger partial charge in [-0.25, -0.2) is 0 Å². The monoisotopic (exact) mass is 220 g/mol. The van der Waals surface area contributed by atoms with Crippen molar-refractivity contribution in [2.45, 2.75) is 13.0 Å². The van der Waals surface area contributed by atoms with Gasteiger partial charge < -0.3 is 34.4 Å². The molecule has 1 aliphatic rings. The van der Waals surface area contributed by atoms with Crippen molar-refractivity contribution in [3.8, 4) is 0 Å². The van der Waals surface area contributed by atoms with Gasteiger partial charge in [-0.3, -0.25) is 0 Å². The van der Waals surface area contributed by atoms with Gasteiger partial charge in [0.25, 0.3) is 0 Å². The summed E-state index contributed by atoms with van der Waals surface area (Å²) >= 11 is 0. The van der Waals surface area contributed by atoms with Crippen molar-refractivity contribution in [3.05, 3.63) is 16.8 Å². The van der Waals surface area contributed by atoms with E-state index in [0.29, 0.717) is 22.6 Å². The van der Waals surface area contributed by atoms with Crippen LogP contribution in [-0.2, 0) is 0 Å². The molecule has 86 valence electrons. The molecule has 0 bridgehead atoms. The summed E-state index contributed by atoms with van der Waals surface area (Å²) in [6.07, 6.45) is 0. The summed E-state index contributed by atoms with van der Waals surface area (Å²) in [6.45, 7) is 1.84. The van der Waals surface area contributed by atoms with Gasteiger partial charge in [0.15, 0.2) is 0 Å². The van der Waals surface area contributed by atoms with Crippen molar-refractivity contribution in [1.82, 2.24) is 0 Å². The first-order chi connectivity index (χ1) is 7.37. The van der Waals surface area contributed by atoms with E-state index in [0.717, 1.165) is 11.1 Å². The fourth-order valence-corrected chi connectivity index (χ4v) is 2.11. The number of rotatable bonds is 0. The van der Waals surface area contributed by atoms with Crippen molar-refractivity contribution in [3.63, 3.8) is 0 Å². The number of benzene rings is 1. The smallest absolute Gasteiger partial charge is 0.0809 e. The third kappa shape index (κ3) is 0.989. The average molecular weight is 220 g/mol. The van der Waals surface area contributed by atoms with Gasteiger partial charge in [0, 0.05) is 16.8 Å². The SMILES string of the molecule is CC1=C(N)C(N)c2c(N)c(N)c(N)c(N)c21. The van der Waals surface area contributed by atoms with Crippen molar-refractivity contribution >= 4 is 28.3 Å². The molecule has 6 heteroatoms. The topological polar surface area (TPSA) is 156 Å². The van der Waals surface area contributed by atoms with E-state index in [2.05, 4.69) is 0 Å². The Hall–Kier alpha value is -2.08. The minimum absolute atomic E-state index is 0.272. The molecule has 0 heterocycles. The van der Waals surface area contributed by atoms with Crippen LogP contribution in [0.15, 0.2) is 5.70 Å². The summed E-state index contributed by atoms with van der Waals surface area (Å²) in [6, 6.07) is -0.458. The summed E-state index contributed by atoms with van der Waals surface area (Å²) in [5.74, 6) is 0. The van der Waals surface area contributed by atoms with E-state index >= 15 is 0 Å². The highest BCUT2D eigenvalue weighted by molar-refractivity contribution is 5.99. The molecule has 0 saturated carbocycles. The molecule has 1 atom stereocenters. The molecule has 1 aromatic rings. The first-order valence-electron chi connectivity index (χ1n) is 4.85. The minimum atomic E-state index is -0.458. The molecule has 12 N–H and O–H groups in total. The van der Waals surface area contributed by atoms with E-state index in [4.69, 9.17) is 34.4 Å². The van der Waals surface area contributed by atoms with Gasteiger partial charge in [-0.15, -0.1) is 0 Å². The molecule has 0 saturated heterocycles. The summed E-state index contributed by atoms with van der Waals surface area (Å²) in [5, 5.41) is 0. The van der Waals surface area contributed by atoms with E-state index in [1.165, 1.54) is 0 Å². The third-order valence-corrected chi connectivity index (χ3v) is 3.15. The molecule has 1 aliphatic carbocycles. The molecule has 0 amide bonds. The summed E-state index contributed by atoms with van der Waals surface area (Å²) in [7, 11) is 0. The molecule has 0 fully saturated rings. The fraction of sp³-hybridized carbons (Fsp3) is 0.200. The minimum Gasteiger partial charge on any atom is -0.400 e. The number of hydrogen-bond donors (Lipinski definition) is 6. The average Bonchev–Trinajstić information content (AvgIpc) is 2.48. The van der Waals surface area contributed by atoms with Crippen molar-refractivity contribution < 1.29 is 0 Å². The second-order valence-electron chi connectivity index (χ2n) is 4.00. The lowest BCUT2D eigenvalue weighted by molar-refractivity contribution is 0.859. The maximum atomic E-state index is 5.95. The fourth-order valence-electron chi connectivity index (χ4n) is 2.11. The quantitative estimate of drug-likeness (QED) is 0.330. The number of allylic oxidation sites excluding steroid dienone is 1. The molecule has 16 heavy (non-hydrogen) atoms. The Balaban J connectivity index is 2.89. The first kappa shape index (κ1) is 10.4. The molecule has 0 spiro atoms. The third-order valence-electron chi connectivity index (χ3n) is 3.15. The predicted octanol–water partition coefficient (Wildman–Crippen LogP) is -0.281. The Morgan fingerprint density at radius 3 is 1.88 bits per heavy atom. The van der Waals surface area contributed by atoms with Crippen molar-refractivity contribution in [1.29, 1.82) is 0 Å². The van der Waals surface area contributed by atoms with Crippen LogP contribution in [0.4, 0.5) is 22.7 Å². The summed E-state index contributed by atoms with van der Waals surface area (Å²) in [4.78, 5) is 0. The van der Waals surface area contributed by atoms with Crippen LogP contribution in [0.2, 0.25) is 0 Å². The summed E-state index contributed by atoms with van der Waals surface area (Å²) < 4.78 is 0. The lowest BCUT2D eigenvalue weighted by Crippen LogP contribution is -2.18. The maximum absolute atomic E-state index is 5.95. The van der Waals surface area contributed by atoms with Gasteiger partial charge in [0.1, 0.15) is 0 Å². The summed E-state index contributed by atoms with van der Waals surface area (Å²) in [5.41, 5.74) is 39.3. The van der Waals surface area contributed by atoms with E-state index in [1.54, 1.807) is 0 Å². The van der Waals surface area contributed by atoms with Gasteiger partial charge in [0.05, 0.1) is 28.8 Å². The second-order valence-corrected chi connectivity index (χ2v) is 4.00. The number of hydrogen-bond acceptors (Lipinski definition) is 6. The molecular formula is C10H16N6. The Labute approximate surface area is 93.2 Å². The lowest BCUT2D eigenvalue weighted by atomic mass is 9.98. The maximum Gasteiger partial charge on any atom is 0.0809 e. The van der Waals surface area contributed by atoms with E-state index in [9.17, 15) is 0 Å². The second kappa shape index (κ2) is 2.96. The van der Waals surface area contributed by atoms with E-state index in [-0.39, 0.29) is 11.4 Å². The van der Waals surface area contributed by atoms with Gasteiger partial charge >= 0.3 is 0 Å². The molecule has 2 rings (SSSR count). The highest BCUT2D eigenvalue weighted by atomic mass is 14.8. The van der Waals surface area contributed by atoms with Gasteiger partial charge in [-0.1, -0.05) is 0 Å². The number of anilines is 4. The zero-order chi connectivity index (χ0) is 12.2. The van der Waals surface area contributed by atoms with Crippen LogP contribution >= 0.6 is 0 Å². The zero-order valence-electron chi connectivity index (χ0n) is 9.04. The molecule has 0 radical (unpaired) electrons. The lowest BCUT2D eigenvalue weighted by Gasteiger charge is -2.17. The molecule has 0 aromatic heterocycles. The highest BCUT2D eigenvalue weighted by Gasteiger charge is 2.31. The predicted molar refractivity (Wildman–Crippen MR) is 67.8 cm³/mol. The van der Waals surface area contributed by atoms with Crippen molar-refractivity contribution in [2.75, 3.05) is 22.9 Å². The van der Waals surface area contributed by atoms with Crippen molar-refractivity contribution in [2.24, 2.45) is 11.5 Å². The van der Waals surface area contributed by atoms with Crippen LogP contribution in [0.5, 0.6) is 0 Å². The number of nitrogens with two attached hydrogens (primary N) is 6. The van der Waals surface area contributed by atoms with Crippen LogP contribution in [0.1, 0.15) is 24.1 Å². The van der Waals surface area contributed by atoms with Crippen LogP contribution < -0.4 is 34.4 Å². The number of fused-ring (bicyclic) bond motifs is 1. The molecule has 1 aromatic carbocycles. The largest absolute Gasteiger partial charge is 0.400 e. The number of nitrogen functional groups attached to an aromatic ring is 4. The van der Waals surface area contributed by atoms with E-state index < -0.39 is 6.04 Å². The van der Waals surface area contributed by atoms with Gasteiger partial charge in [-0.2, -0.15) is 0 Å². The first-order valence-corrected chi connectivity index (χ1v) is 4.85. The molecule has 0 aliphatic heterocycles. The Bertz CT molecular complexity index is 517. The van der Waals surface area contributed by atoms with Crippen LogP contribution in [0.3, 0.4) is 0 Å². The highest BCUT2D eigenvalue weighted by Crippen LogP contribution is 2.48. The normalized spacial score (nSPS) is 19.0. The molecule has 1 unspecified atom stereocenters. The Morgan fingerprint density at radius 1 is 0.812 bits per heavy atom. The Morgan fingerprint density at radius 2 is 1.31 bits per heavy atom.